The normalized spacial score (nSPS) is 17.6. The molecule has 1 saturated heterocycles. The number of amides is 2. The summed E-state index contributed by atoms with van der Waals surface area (Å²) in [7, 11) is -3.36. The van der Waals surface area contributed by atoms with E-state index in [0.29, 0.717) is 25.2 Å². The molecule has 25 heavy (non-hydrogen) atoms. The molecular weight excluding hydrogens is 340 g/mol. The van der Waals surface area contributed by atoms with Gasteiger partial charge in [-0.05, 0) is 36.8 Å². The van der Waals surface area contributed by atoms with Gasteiger partial charge in [-0.1, -0.05) is 13.0 Å². The van der Waals surface area contributed by atoms with Crippen molar-refractivity contribution in [3.8, 4) is 5.69 Å². The summed E-state index contributed by atoms with van der Waals surface area (Å²) in [5.74, 6) is 0. The van der Waals surface area contributed by atoms with E-state index in [4.69, 9.17) is 0 Å². The summed E-state index contributed by atoms with van der Waals surface area (Å²) in [5, 5.41) is 2.30. The molecular formula is C17H22N4O3S. The molecule has 0 bridgehead atoms. The molecule has 134 valence electrons. The van der Waals surface area contributed by atoms with Crippen molar-refractivity contribution in [2.45, 2.75) is 18.6 Å². The lowest BCUT2D eigenvalue weighted by atomic mass is 10.2. The van der Waals surface area contributed by atoms with Gasteiger partial charge >= 0.3 is 6.03 Å². The van der Waals surface area contributed by atoms with Gasteiger partial charge in [-0.25, -0.2) is 17.9 Å². The average Bonchev–Trinajstić information content (AvgIpc) is 3.27. The third-order valence-corrected chi connectivity index (χ3v) is 6.17. The van der Waals surface area contributed by atoms with Gasteiger partial charge in [-0.2, -0.15) is 0 Å². The Labute approximate surface area is 147 Å². The smallest absolute Gasteiger partial charge is 0.321 e. The van der Waals surface area contributed by atoms with Gasteiger partial charge in [-0.15, -0.1) is 0 Å². The monoisotopic (exact) mass is 362 g/mol. The average molecular weight is 362 g/mol. The van der Waals surface area contributed by atoms with Gasteiger partial charge in [0, 0.05) is 43.4 Å². The lowest BCUT2D eigenvalue weighted by molar-refractivity contribution is 0.222. The van der Waals surface area contributed by atoms with E-state index in [1.54, 1.807) is 11.8 Å². The van der Waals surface area contributed by atoms with Crippen LogP contribution in [0.15, 0.2) is 48.8 Å². The Morgan fingerprint density at radius 3 is 2.72 bits per heavy atom. The summed E-state index contributed by atoms with van der Waals surface area (Å²) >= 11 is 0. The summed E-state index contributed by atoms with van der Waals surface area (Å²) in [6.45, 7) is 2.74. The molecule has 3 rings (SSSR count). The van der Waals surface area contributed by atoms with Gasteiger partial charge in [0.2, 0.25) is 10.0 Å². The topological polar surface area (TPSA) is 83.4 Å². The molecule has 1 aliphatic heterocycles. The van der Waals surface area contributed by atoms with Crippen LogP contribution in [0.1, 0.15) is 13.3 Å². The number of aromatic nitrogens is 1. The molecule has 8 heteroatoms. The summed E-state index contributed by atoms with van der Waals surface area (Å²) < 4.78 is 28.6. The van der Waals surface area contributed by atoms with Crippen molar-refractivity contribution < 1.29 is 13.2 Å². The number of carbonyl (C=O) groups excluding carboxylic acids is 1. The highest BCUT2D eigenvalue weighted by atomic mass is 32.2. The minimum Gasteiger partial charge on any atom is -0.324 e. The molecule has 2 aromatic rings. The maximum atomic E-state index is 12.4. The Balaban J connectivity index is 1.65. The highest BCUT2D eigenvalue weighted by Crippen LogP contribution is 2.19. The molecule has 2 heterocycles. The Hall–Kier alpha value is -2.32. The molecule has 1 aliphatic rings. The minimum absolute atomic E-state index is 0.207. The van der Waals surface area contributed by atoms with Crippen molar-refractivity contribution in [2.24, 2.45) is 0 Å². The van der Waals surface area contributed by atoms with Gasteiger partial charge in [-0.3, -0.25) is 0 Å². The molecule has 0 aliphatic carbocycles. The van der Waals surface area contributed by atoms with Gasteiger partial charge in [0.25, 0.3) is 0 Å². The van der Waals surface area contributed by atoms with E-state index in [0.717, 1.165) is 5.69 Å². The van der Waals surface area contributed by atoms with Crippen molar-refractivity contribution in [2.75, 3.05) is 25.0 Å². The lowest BCUT2D eigenvalue weighted by Crippen LogP contribution is -2.38. The predicted octanol–water partition coefficient (Wildman–Crippen LogP) is 2.02. The third kappa shape index (κ3) is 4.02. The van der Waals surface area contributed by atoms with E-state index in [-0.39, 0.29) is 12.6 Å². The quantitative estimate of drug-likeness (QED) is 0.854. The van der Waals surface area contributed by atoms with Gasteiger partial charge in [0.15, 0.2) is 0 Å². The van der Waals surface area contributed by atoms with E-state index >= 15 is 0 Å². The van der Waals surface area contributed by atoms with Crippen LogP contribution >= 0.6 is 0 Å². The number of rotatable bonds is 5. The second-order valence-corrected chi connectivity index (χ2v) is 8.02. The number of likely N-dealkylation sites (tertiary alicyclic amines) is 1. The van der Waals surface area contributed by atoms with E-state index in [2.05, 4.69) is 10.0 Å². The minimum atomic E-state index is -3.36. The molecule has 2 N–H and O–H groups in total. The van der Waals surface area contributed by atoms with E-state index in [1.165, 1.54) is 0 Å². The van der Waals surface area contributed by atoms with Crippen LogP contribution in [-0.2, 0) is 10.0 Å². The van der Waals surface area contributed by atoms with Crippen molar-refractivity contribution >= 4 is 21.7 Å². The first-order chi connectivity index (χ1) is 12.0. The Morgan fingerprint density at radius 1 is 1.24 bits per heavy atom. The highest BCUT2D eigenvalue weighted by Gasteiger charge is 2.34. The Kier molecular flexibility index (Phi) is 5.10. The summed E-state index contributed by atoms with van der Waals surface area (Å²) in [6, 6.07) is 11.1. The maximum absolute atomic E-state index is 12.4. The van der Waals surface area contributed by atoms with Crippen LogP contribution in [0.4, 0.5) is 10.5 Å². The van der Waals surface area contributed by atoms with Gasteiger partial charge in [0.05, 0.1) is 5.25 Å². The van der Waals surface area contributed by atoms with E-state index < -0.39 is 15.3 Å². The van der Waals surface area contributed by atoms with Crippen LogP contribution in [0.5, 0.6) is 0 Å². The molecule has 0 saturated carbocycles. The third-order valence-electron chi connectivity index (χ3n) is 4.22. The van der Waals surface area contributed by atoms with Crippen molar-refractivity contribution in [3.63, 3.8) is 0 Å². The number of nitrogens with one attached hydrogen (secondary N) is 2. The van der Waals surface area contributed by atoms with Crippen LogP contribution in [0.2, 0.25) is 0 Å². The van der Waals surface area contributed by atoms with Crippen LogP contribution in [-0.4, -0.2) is 48.8 Å². The van der Waals surface area contributed by atoms with E-state index in [1.807, 2.05) is 53.4 Å². The van der Waals surface area contributed by atoms with Gasteiger partial charge in [0.1, 0.15) is 0 Å². The van der Waals surface area contributed by atoms with Crippen LogP contribution < -0.4 is 10.0 Å². The Bertz CT molecular complexity index is 833. The predicted molar refractivity (Wildman–Crippen MR) is 97.4 cm³/mol. The zero-order chi connectivity index (χ0) is 17.9. The number of sulfonamides is 1. The molecule has 1 atom stereocenters. The Morgan fingerprint density at radius 2 is 2.00 bits per heavy atom. The lowest BCUT2D eigenvalue weighted by Gasteiger charge is -2.18. The van der Waals surface area contributed by atoms with Crippen LogP contribution in [0.25, 0.3) is 5.69 Å². The van der Waals surface area contributed by atoms with Crippen molar-refractivity contribution in [1.82, 2.24) is 14.2 Å². The van der Waals surface area contributed by atoms with Crippen LogP contribution in [0.3, 0.4) is 0 Å². The molecule has 7 nitrogen and oxygen atoms in total. The first kappa shape index (κ1) is 17.5. The molecule has 0 radical (unpaired) electrons. The highest BCUT2D eigenvalue weighted by molar-refractivity contribution is 7.90. The molecule has 1 aromatic carbocycles. The van der Waals surface area contributed by atoms with Gasteiger partial charge < -0.3 is 14.8 Å². The summed E-state index contributed by atoms with van der Waals surface area (Å²) in [6.07, 6.45) is 4.31. The molecule has 2 amide bonds. The number of urea groups is 1. The molecule has 1 fully saturated rings. The number of carbonyl (C=O) groups is 1. The maximum Gasteiger partial charge on any atom is 0.321 e. The number of hydrogen-bond acceptors (Lipinski definition) is 3. The molecule has 1 aromatic heterocycles. The van der Waals surface area contributed by atoms with Crippen molar-refractivity contribution in [1.29, 1.82) is 0 Å². The molecule has 0 unspecified atom stereocenters. The number of nitrogens with zero attached hydrogens (tertiary/aromatic N) is 2. The fourth-order valence-corrected chi connectivity index (χ4v) is 4.37. The number of anilines is 1. The standard InChI is InChI=1S/C17H22N4O3S/c1-2-18-25(23,24)16-8-11-21(13-16)17(22)19-14-6-5-7-15(12-14)20-9-3-4-10-20/h3-7,9-10,12,16,18H,2,8,11,13H2,1H3,(H,19,22)/t16-/m0/s1. The molecule has 0 spiro atoms. The summed E-state index contributed by atoms with van der Waals surface area (Å²) in [4.78, 5) is 14.0. The second kappa shape index (κ2) is 7.28. The van der Waals surface area contributed by atoms with Crippen LogP contribution in [0, 0.1) is 0 Å². The first-order valence-electron chi connectivity index (χ1n) is 8.27. The fraction of sp³-hybridized carbons (Fsp3) is 0.353. The number of hydrogen-bond donors (Lipinski definition) is 2. The second-order valence-electron chi connectivity index (χ2n) is 5.97. The first-order valence-corrected chi connectivity index (χ1v) is 9.82. The summed E-state index contributed by atoms with van der Waals surface area (Å²) in [5.41, 5.74) is 1.62. The number of benzene rings is 1. The zero-order valence-electron chi connectivity index (χ0n) is 14.1. The SMILES string of the molecule is CCNS(=O)(=O)[C@H]1CCN(C(=O)Nc2cccc(-n3cccc3)c2)C1. The zero-order valence-corrected chi connectivity index (χ0v) is 14.9. The van der Waals surface area contributed by atoms with E-state index in [9.17, 15) is 13.2 Å². The fourth-order valence-electron chi connectivity index (χ4n) is 2.94. The largest absolute Gasteiger partial charge is 0.324 e. The van der Waals surface area contributed by atoms with Crippen molar-refractivity contribution in [3.05, 3.63) is 48.8 Å².